The van der Waals surface area contributed by atoms with Crippen molar-refractivity contribution in [1.29, 1.82) is 0 Å². The highest BCUT2D eigenvalue weighted by Crippen LogP contribution is 2.81. The van der Waals surface area contributed by atoms with E-state index in [9.17, 15) is 5.11 Å². The summed E-state index contributed by atoms with van der Waals surface area (Å²) in [4.78, 5) is 0. The van der Waals surface area contributed by atoms with Gasteiger partial charge in [-0.25, -0.2) is 0 Å². The molecular formula is C10H16O2. The van der Waals surface area contributed by atoms with Crippen LogP contribution in [0.2, 0.25) is 0 Å². The van der Waals surface area contributed by atoms with Gasteiger partial charge in [-0.1, -0.05) is 13.8 Å². The molecule has 1 heterocycles. The summed E-state index contributed by atoms with van der Waals surface area (Å²) in [6.45, 7) is 5.92. The van der Waals surface area contributed by atoms with Gasteiger partial charge in [-0.3, -0.25) is 0 Å². The molecule has 1 N–H and O–H groups in total. The van der Waals surface area contributed by atoms with E-state index in [1.807, 2.05) is 0 Å². The zero-order valence-electron chi connectivity index (χ0n) is 7.76. The minimum Gasteiger partial charge on any atom is -0.387 e. The molecule has 3 atom stereocenters. The van der Waals surface area contributed by atoms with Crippen molar-refractivity contribution in [3.05, 3.63) is 0 Å². The molecule has 2 saturated carbocycles. The van der Waals surface area contributed by atoms with Crippen molar-refractivity contribution < 1.29 is 9.84 Å². The average Bonchev–Trinajstić information content (AvgIpc) is 2.25. The molecule has 1 saturated heterocycles. The van der Waals surface area contributed by atoms with Crippen LogP contribution in [0.5, 0.6) is 0 Å². The van der Waals surface area contributed by atoms with E-state index in [1.54, 1.807) is 0 Å². The highest BCUT2D eigenvalue weighted by atomic mass is 16.5. The van der Waals surface area contributed by atoms with Crippen LogP contribution in [0.4, 0.5) is 0 Å². The Bertz CT molecular complexity index is 244. The quantitative estimate of drug-likeness (QED) is 0.588. The number of rotatable bonds is 0. The van der Waals surface area contributed by atoms with Crippen molar-refractivity contribution in [3.8, 4) is 0 Å². The van der Waals surface area contributed by atoms with Crippen LogP contribution in [0.25, 0.3) is 0 Å². The molecule has 1 aliphatic heterocycles. The van der Waals surface area contributed by atoms with Gasteiger partial charge in [0.15, 0.2) is 0 Å². The van der Waals surface area contributed by atoms with Gasteiger partial charge in [0.25, 0.3) is 0 Å². The predicted molar refractivity (Wildman–Crippen MR) is 44.7 cm³/mol. The topological polar surface area (TPSA) is 29.5 Å². The molecule has 0 aromatic rings. The number of hydrogen-bond acceptors (Lipinski definition) is 2. The Morgan fingerprint density at radius 2 is 2.08 bits per heavy atom. The Morgan fingerprint density at radius 3 is 2.67 bits per heavy atom. The lowest BCUT2D eigenvalue weighted by Crippen LogP contribution is -2.39. The summed E-state index contributed by atoms with van der Waals surface area (Å²) >= 11 is 0. The maximum Gasteiger partial charge on any atom is 0.0966 e. The van der Waals surface area contributed by atoms with Crippen LogP contribution in [0.3, 0.4) is 0 Å². The molecule has 1 unspecified atom stereocenters. The van der Waals surface area contributed by atoms with E-state index in [-0.39, 0.29) is 5.41 Å². The molecule has 0 aromatic heterocycles. The smallest absolute Gasteiger partial charge is 0.0966 e. The Hall–Kier alpha value is -0.0800. The summed E-state index contributed by atoms with van der Waals surface area (Å²) in [5.41, 5.74) is -0.00231. The Morgan fingerprint density at radius 1 is 1.33 bits per heavy atom. The third-order valence-electron chi connectivity index (χ3n) is 4.88. The van der Waals surface area contributed by atoms with E-state index in [4.69, 9.17) is 4.74 Å². The van der Waals surface area contributed by atoms with Gasteiger partial charge in [-0.05, 0) is 24.2 Å². The van der Waals surface area contributed by atoms with Gasteiger partial charge in [-0.2, -0.15) is 0 Å². The maximum absolute atomic E-state index is 10.3. The van der Waals surface area contributed by atoms with Gasteiger partial charge < -0.3 is 9.84 Å². The molecule has 2 aliphatic carbocycles. The molecule has 0 aromatic carbocycles. The highest BCUT2D eigenvalue weighted by Gasteiger charge is 2.83. The molecule has 2 nitrogen and oxygen atoms in total. The predicted octanol–water partition coefficient (Wildman–Crippen LogP) is 1.18. The van der Waals surface area contributed by atoms with Gasteiger partial charge in [0, 0.05) is 5.41 Å². The molecule has 0 amide bonds. The first kappa shape index (κ1) is 7.34. The largest absolute Gasteiger partial charge is 0.387 e. The third-order valence-corrected chi connectivity index (χ3v) is 4.88. The molecule has 3 fully saturated rings. The SMILES string of the molecule is CC1(C)C2CC[C@@]3(O)COC[C@]213. The van der Waals surface area contributed by atoms with Gasteiger partial charge in [0.1, 0.15) is 0 Å². The summed E-state index contributed by atoms with van der Waals surface area (Å²) < 4.78 is 5.44. The first-order chi connectivity index (χ1) is 5.55. The second-order valence-corrected chi connectivity index (χ2v) is 5.31. The van der Waals surface area contributed by atoms with Crippen molar-refractivity contribution in [1.82, 2.24) is 0 Å². The minimum atomic E-state index is -0.471. The highest BCUT2D eigenvalue weighted by molar-refractivity contribution is 5.31. The second kappa shape index (κ2) is 1.60. The van der Waals surface area contributed by atoms with Gasteiger partial charge >= 0.3 is 0 Å². The molecule has 1 spiro atoms. The Labute approximate surface area is 72.9 Å². The summed E-state index contributed by atoms with van der Waals surface area (Å²) in [6.07, 6.45) is 2.16. The van der Waals surface area contributed by atoms with Gasteiger partial charge in [-0.15, -0.1) is 0 Å². The molecular weight excluding hydrogens is 152 g/mol. The summed E-state index contributed by atoms with van der Waals surface area (Å²) in [5.74, 6) is 0.720. The van der Waals surface area contributed by atoms with Crippen LogP contribution in [0.15, 0.2) is 0 Å². The molecule has 12 heavy (non-hydrogen) atoms. The summed E-state index contributed by atoms with van der Waals surface area (Å²) in [7, 11) is 0. The van der Waals surface area contributed by atoms with E-state index in [0.29, 0.717) is 12.0 Å². The van der Waals surface area contributed by atoms with E-state index in [0.717, 1.165) is 18.9 Å². The normalized spacial score (nSPS) is 59.8. The van der Waals surface area contributed by atoms with Gasteiger partial charge in [0.2, 0.25) is 0 Å². The van der Waals surface area contributed by atoms with Crippen LogP contribution < -0.4 is 0 Å². The average molecular weight is 168 g/mol. The fraction of sp³-hybridized carbons (Fsp3) is 1.00. The van der Waals surface area contributed by atoms with Crippen molar-refractivity contribution in [2.24, 2.45) is 16.7 Å². The summed E-state index contributed by atoms with van der Waals surface area (Å²) in [5, 5.41) is 10.3. The van der Waals surface area contributed by atoms with E-state index in [1.165, 1.54) is 6.42 Å². The standard InChI is InChI=1S/C10H16O2/c1-8(2)7-3-4-9(11)5-12-6-10(7,8)9/h7,11H,3-6H2,1-2H3/t7?,9-,10+/m1/s1. The van der Waals surface area contributed by atoms with Gasteiger partial charge in [0.05, 0.1) is 18.8 Å². The summed E-state index contributed by atoms with van der Waals surface area (Å²) in [6, 6.07) is 0. The lowest BCUT2D eigenvalue weighted by molar-refractivity contribution is -0.0146. The van der Waals surface area contributed by atoms with Crippen LogP contribution in [-0.2, 0) is 4.74 Å². The number of hydrogen-bond donors (Lipinski definition) is 1. The van der Waals surface area contributed by atoms with Crippen LogP contribution in [0, 0.1) is 16.7 Å². The van der Waals surface area contributed by atoms with Crippen LogP contribution in [-0.4, -0.2) is 23.9 Å². The van der Waals surface area contributed by atoms with E-state index < -0.39 is 5.60 Å². The van der Waals surface area contributed by atoms with Crippen molar-refractivity contribution >= 4 is 0 Å². The fourth-order valence-electron chi connectivity index (χ4n) is 4.11. The molecule has 3 rings (SSSR count). The lowest BCUT2D eigenvalue weighted by atomic mass is 9.81. The van der Waals surface area contributed by atoms with Crippen molar-refractivity contribution in [2.75, 3.05) is 13.2 Å². The zero-order valence-corrected chi connectivity index (χ0v) is 7.76. The first-order valence-corrected chi connectivity index (χ1v) is 4.85. The minimum absolute atomic E-state index is 0.139. The number of aliphatic hydroxyl groups is 1. The Kier molecular flexibility index (Phi) is 0.978. The molecule has 2 heteroatoms. The number of ether oxygens (including phenoxy) is 1. The lowest BCUT2D eigenvalue weighted by Gasteiger charge is -2.28. The molecule has 0 bridgehead atoms. The molecule has 68 valence electrons. The third kappa shape index (κ3) is 0.449. The van der Waals surface area contributed by atoms with E-state index >= 15 is 0 Å². The first-order valence-electron chi connectivity index (χ1n) is 4.85. The zero-order chi connectivity index (χ0) is 8.61. The Balaban J connectivity index is 2.09. The van der Waals surface area contributed by atoms with E-state index in [2.05, 4.69) is 13.8 Å². The molecule has 0 radical (unpaired) electrons. The monoisotopic (exact) mass is 168 g/mol. The second-order valence-electron chi connectivity index (χ2n) is 5.31. The van der Waals surface area contributed by atoms with Crippen LogP contribution in [0.1, 0.15) is 26.7 Å². The van der Waals surface area contributed by atoms with Crippen molar-refractivity contribution in [3.63, 3.8) is 0 Å². The van der Waals surface area contributed by atoms with Crippen molar-refractivity contribution in [2.45, 2.75) is 32.3 Å². The molecule has 3 aliphatic rings. The van der Waals surface area contributed by atoms with Crippen LogP contribution >= 0.6 is 0 Å². The maximum atomic E-state index is 10.3. The fourth-order valence-corrected chi connectivity index (χ4v) is 4.11.